The Balaban J connectivity index is 1.84. The first-order valence-electron chi connectivity index (χ1n) is 9.99. The summed E-state index contributed by atoms with van der Waals surface area (Å²) in [5, 5.41) is 3.39. The lowest BCUT2D eigenvalue weighted by atomic mass is 9.98. The van der Waals surface area contributed by atoms with Crippen molar-refractivity contribution in [3.63, 3.8) is 0 Å². The second kappa shape index (κ2) is 8.63. The minimum atomic E-state index is -0.568. The van der Waals surface area contributed by atoms with Crippen LogP contribution < -0.4 is 5.32 Å². The largest absolute Gasteiger partial charge is 0.444 e. The van der Waals surface area contributed by atoms with E-state index >= 15 is 0 Å². The first kappa shape index (κ1) is 22.1. The smallest absolute Gasteiger partial charge is 0.407 e. The lowest BCUT2D eigenvalue weighted by Crippen LogP contribution is -2.32. The molecule has 162 valence electrons. The fraction of sp³-hybridized carbons (Fsp3) is 0.292. The molecule has 7 heteroatoms. The van der Waals surface area contributed by atoms with E-state index < -0.39 is 11.7 Å². The van der Waals surface area contributed by atoms with E-state index in [1.54, 1.807) is 59.1 Å². The topological polar surface area (TPSA) is 91.5 Å². The molecule has 3 aromatic rings. The van der Waals surface area contributed by atoms with Crippen LogP contribution in [0.2, 0.25) is 0 Å². The van der Waals surface area contributed by atoms with Crippen LogP contribution in [0.5, 0.6) is 0 Å². The molecule has 0 aliphatic heterocycles. The maximum absolute atomic E-state index is 13.3. The van der Waals surface area contributed by atoms with Gasteiger partial charge in [0.2, 0.25) is 0 Å². The Morgan fingerprint density at radius 2 is 1.65 bits per heavy atom. The molecule has 3 rings (SSSR count). The summed E-state index contributed by atoms with van der Waals surface area (Å²) in [6, 6.07) is 14.3. The number of hydrogen-bond donors (Lipinski definition) is 2. The van der Waals surface area contributed by atoms with Gasteiger partial charge in [0.15, 0.2) is 5.78 Å². The highest BCUT2D eigenvalue weighted by Crippen LogP contribution is 2.26. The van der Waals surface area contributed by atoms with Crippen LogP contribution >= 0.6 is 0 Å². The number of rotatable bonds is 5. The molecule has 0 atom stereocenters. The van der Waals surface area contributed by atoms with Gasteiger partial charge in [-0.05, 0) is 32.4 Å². The molecule has 2 amide bonds. The number of aromatic amines is 1. The van der Waals surface area contributed by atoms with E-state index in [0.29, 0.717) is 16.5 Å². The molecule has 1 aromatic heterocycles. The zero-order valence-electron chi connectivity index (χ0n) is 18.4. The van der Waals surface area contributed by atoms with Gasteiger partial charge in [0.1, 0.15) is 11.3 Å². The van der Waals surface area contributed by atoms with Crippen molar-refractivity contribution in [3.8, 4) is 0 Å². The van der Waals surface area contributed by atoms with Gasteiger partial charge in [0.25, 0.3) is 5.91 Å². The van der Waals surface area contributed by atoms with Crippen molar-refractivity contribution in [1.29, 1.82) is 0 Å². The summed E-state index contributed by atoms with van der Waals surface area (Å²) in [5.74, 6) is -0.507. The lowest BCUT2D eigenvalue weighted by molar-refractivity contribution is 0.0523. The van der Waals surface area contributed by atoms with Crippen LogP contribution in [0.4, 0.5) is 4.79 Å². The fourth-order valence-electron chi connectivity index (χ4n) is 3.17. The molecule has 0 aliphatic rings. The van der Waals surface area contributed by atoms with Crippen molar-refractivity contribution in [1.82, 2.24) is 15.2 Å². The minimum Gasteiger partial charge on any atom is -0.444 e. The van der Waals surface area contributed by atoms with Gasteiger partial charge in [-0.1, -0.05) is 42.5 Å². The van der Waals surface area contributed by atoms with Gasteiger partial charge in [-0.2, -0.15) is 0 Å². The number of fused-ring (bicyclic) bond motifs is 1. The van der Waals surface area contributed by atoms with E-state index in [-0.39, 0.29) is 23.9 Å². The fourth-order valence-corrected chi connectivity index (χ4v) is 3.17. The number of ether oxygens (including phenoxy) is 1. The number of aromatic nitrogens is 1. The number of carbonyl (C=O) groups is 3. The average Bonchev–Trinajstić information content (AvgIpc) is 3.09. The molecule has 0 bridgehead atoms. The van der Waals surface area contributed by atoms with Crippen molar-refractivity contribution in [3.05, 3.63) is 70.9 Å². The monoisotopic (exact) mass is 421 g/mol. The molecule has 2 N–H and O–H groups in total. The van der Waals surface area contributed by atoms with Gasteiger partial charge >= 0.3 is 6.09 Å². The van der Waals surface area contributed by atoms with E-state index in [4.69, 9.17) is 4.74 Å². The minimum absolute atomic E-state index is 0.241. The first-order valence-corrected chi connectivity index (χ1v) is 9.99. The van der Waals surface area contributed by atoms with Crippen molar-refractivity contribution in [2.24, 2.45) is 0 Å². The number of alkyl carbamates (subject to hydrolysis) is 1. The summed E-state index contributed by atoms with van der Waals surface area (Å²) >= 11 is 0. The third-order valence-electron chi connectivity index (χ3n) is 4.61. The molecule has 7 nitrogen and oxygen atoms in total. The zero-order chi connectivity index (χ0) is 22.8. The molecule has 31 heavy (non-hydrogen) atoms. The van der Waals surface area contributed by atoms with Gasteiger partial charge in [0, 0.05) is 37.1 Å². The Morgan fingerprint density at radius 3 is 2.26 bits per heavy atom. The zero-order valence-corrected chi connectivity index (χ0v) is 18.4. The molecule has 0 fully saturated rings. The van der Waals surface area contributed by atoms with Gasteiger partial charge < -0.3 is 19.9 Å². The van der Waals surface area contributed by atoms with E-state index in [9.17, 15) is 14.4 Å². The highest BCUT2D eigenvalue weighted by Gasteiger charge is 2.25. The number of H-pyrrole nitrogens is 1. The van der Waals surface area contributed by atoms with Gasteiger partial charge in [0.05, 0.1) is 5.56 Å². The Hall–Kier alpha value is -3.61. The van der Waals surface area contributed by atoms with Crippen LogP contribution in [0.15, 0.2) is 48.5 Å². The van der Waals surface area contributed by atoms with Gasteiger partial charge in [-0.25, -0.2) is 4.79 Å². The number of carbonyl (C=O) groups excluding carboxylic acids is 3. The summed E-state index contributed by atoms with van der Waals surface area (Å²) < 4.78 is 5.22. The molecule has 2 aromatic carbocycles. The van der Waals surface area contributed by atoms with Gasteiger partial charge in [-0.15, -0.1) is 0 Å². The average molecular weight is 421 g/mol. The van der Waals surface area contributed by atoms with Crippen molar-refractivity contribution in [2.75, 3.05) is 14.1 Å². The molecule has 0 aliphatic carbocycles. The number of hydrogen-bond acceptors (Lipinski definition) is 4. The molecular formula is C24H27N3O4. The standard InChI is InChI=1S/C24H27N3O4/c1-24(2,3)31-23(30)25-14-15-10-12-16(13-11-15)21(28)19-17-8-6-7-9-18(17)26-20(19)22(29)27(4)5/h6-13,26H,14H2,1-5H3,(H,25,30). The number of nitrogens with zero attached hydrogens (tertiary/aromatic N) is 1. The van der Waals surface area contributed by atoms with E-state index in [2.05, 4.69) is 10.3 Å². The van der Waals surface area contributed by atoms with Crippen LogP contribution in [0, 0.1) is 0 Å². The Labute approximate surface area is 181 Å². The van der Waals surface area contributed by atoms with E-state index in [1.807, 2.05) is 24.3 Å². The maximum atomic E-state index is 13.3. The summed E-state index contributed by atoms with van der Waals surface area (Å²) in [5.41, 5.74) is 2.07. The number of benzene rings is 2. The van der Waals surface area contributed by atoms with Crippen LogP contribution in [0.1, 0.15) is 52.7 Å². The predicted octanol–water partition coefficient (Wildman–Crippen LogP) is 4.13. The second-order valence-corrected chi connectivity index (χ2v) is 8.50. The van der Waals surface area contributed by atoms with E-state index in [0.717, 1.165) is 11.1 Å². The number of para-hydroxylation sites is 1. The number of amides is 2. The molecule has 0 saturated heterocycles. The Bertz CT molecular complexity index is 1120. The molecule has 0 saturated carbocycles. The molecule has 0 unspecified atom stereocenters. The molecule has 1 heterocycles. The summed E-state index contributed by atoms with van der Waals surface area (Å²) in [6.07, 6.45) is -0.502. The summed E-state index contributed by atoms with van der Waals surface area (Å²) in [6.45, 7) is 5.67. The van der Waals surface area contributed by atoms with Gasteiger partial charge in [-0.3, -0.25) is 9.59 Å². The molecule has 0 spiro atoms. The Morgan fingerprint density at radius 1 is 1.00 bits per heavy atom. The Kier molecular flexibility index (Phi) is 6.15. The van der Waals surface area contributed by atoms with E-state index in [1.165, 1.54) is 4.90 Å². The van der Waals surface area contributed by atoms with Crippen LogP contribution in [0.3, 0.4) is 0 Å². The highest BCUT2D eigenvalue weighted by molar-refractivity contribution is 6.21. The predicted molar refractivity (Wildman–Crippen MR) is 119 cm³/mol. The normalized spacial score (nSPS) is 11.3. The van der Waals surface area contributed by atoms with Crippen molar-refractivity contribution < 1.29 is 19.1 Å². The van der Waals surface area contributed by atoms with Crippen LogP contribution in [-0.4, -0.2) is 47.4 Å². The number of nitrogens with one attached hydrogen (secondary N) is 2. The third kappa shape index (κ3) is 5.12. The van der Waals surface area contributed by atoms with Crippen LogP contribution in [0.25, 0.3) is 10.9 Å². The lowest BCUT2D eigenvalue weighted by Gasteiger charge is -2.19. The van der Waals surface area contributed by atoms with Crippen molar-refractivity contribution >= 4 is 28.7 Å². The quantitative estimate of drug-likeness (QED) is 0.606. The third-order valence-corrected chi connectivity index (χ3v) is 4.61. The number of ketones is 1. The highest BCUT2D eigenvalue weighted by atomic mass is 16.6. The SMILES string of the molecule is CN(C)C(=O)c1[nH]c2ccccc2c1C(=O)c1ccc(CNC(=O)OC(C)(C)C)cc1. The maximum Gasteiger partial charge on any atom is 0.407 e. The van der Waals surface area contributed by atoms with Crippen molar-refractivity contribution in [2.45, 2.75) is 32.9 Å². The summed E-state index contributed by atoms with van der Waals surface area (Å²) in [4.78, 5) is 42.3. The first-order chi connectivity index (χ1) is 14.6. The second-order valence-electron chi connectivity index (χ2n) is 8.50. The molecule has 0 radical (unpaired) electrons. The van der Waals surface area contributed by atoms with Crippen LogP contribution in [-0.2, 0) is 11.3 Å². The molecular weight excluding hydrogens is 394 g/mol. The summed E-state index contributed by atoms with van der Waals surface area (Å²) in [7, 11) is 3.29.